The summed E-state index contributed by atoms with van der Waals surface area (Å²) in [5.41, 5.74) is 0.594. The lowest BCUT2D eigenvalue weighted by Crippen LogP contribution is -2.67. The first-order valence-electron chi connectivity index (χ1n) is 7.11. The summed E-state index contributed by atoms with van der Waals surface area (Å²) in [5, 5.41) is 0. The molecule has 1 unspecified atom stereocenters. The molecule has 0 aromatic carbocycles. The molecule has 0 saturated carbocycles. The lowest BCUT2D eigenvalue weighted by atomic mass is 9.76. The summed E-state index contributed by atoms with van der Waals surface area (Å²) in [6.45, 7) is 9.27. The molecule has 2 aliphatic rings. The third-order valence-electron chi connectivity index (χ3n) is 4.17. The topological polar surface area (TPSA) is 12.5 Å². The van der Waals surface area contributed by atoms with Crippen LogP contribution in [-0.4, -0.2) is 37.2 Å². The maximum Gasteiger partial charge on any atom is 0.0569 e. The molecule has 2 heteroatoms. The number of likely N-dealkylation sites (tertiary alicyclic amines) is 1. The molecule has 94 valence electrons. The van der Waals surface area contributed by atoms with E-state index in [1.165, 1.54) is 51.6 Å². The van der Waals surface area contributed by atoms with Crippen molar-refractivity contribution in [2.24, 2.45) is 5.41 Å². The molecule has 2 rings (SSSR count). The number of ether oxygens (including phenoxy) is 1. The van der Waals surface area contributed by atoms with Gasteiger partial charge in [0.1, 0.15) is 0 Å². The predicted molar refractivity (Wildman–Crippen MR) is 67.7 cm³/mol. The van der Waals surface area contributed by atoms with Crippen LogP contribution in [0.1, 0.15) is 52.4 Å². The molecule has 1 spiro atoms. The van der Waals surface area contributed by atoms with Crippen LogP contribution in [0.3, 0.4) is 0 Å². The molecular weight excluding hydrogens is 198 g/mol. The van der Waals surface area contributed by atoms with E-state index in [1.807, 2.05) is 0 Å². The number of nitrogens with zero attached hydrogens (tertiary/aromatic N) is 1. The van der Waals surface area contributed by atoms with E-state index >= 15 is 0 Å². The highest BCUT2D eigenvalue weighted by molar-refractivity contribution is 5.01. The van der Waals surface area contributed by atoms with Gasteiger partial charge >= 0.3 is 0 Å². The summed E-state index contributed by atoms with van der Waals surface area (Å²) in [6.07, 6.45) is 8.30. The third-order valence-corrected chi connectivity index (χ3v) is 4.17. The van der Waals surface area contributed by atoms with Crippen molar-refractivity contribution in [3.63, 3.8) is 0 Å². The minimum Gasteiger partial charge on any atom is -0.380 e. The second kappa shape index (κ2) is 5.50. The van der Waals surface area contributed by atoms with Crippen molar-refractivity contribution in [3.8, 4) is 0 Å². The molecule has 2 aliphatic heterocycles. The van der Waals surface area contributed by atoms with Crippen LogP contribution in [0.4, 0.5) is 0 Å². The van der Waals surface area contributed by atoms with Gasteiger partial charge in [-0.3, -0.25) is 4.90 Å². The Labute approximate surface area is 100 Å². The van der Waals surface area contributed by atoms with E-state index in [9.17, 15) is 0 Å². The van der Waals surface area contributed by atoms with Crippen molar-refractivity contribution in [2.45, 2.75) is 58.4 Å². The van der Waals surface area contributed by atoms with Crippen LogP contribution in [0, 0.1) is 5.41 Å². The summed E-state index contributed by atoms with van der Waals surface area (Å²) < 4.78 is 5.34. The number of rotatable bonds is 7. The molecule has 2 fully saturated rings. The Hall–Kier alpha value is -0.0800. The second-order valence-electron chi connectivity index (χ2n) is 5.84. The quantitative estimate of drug-likeness (QED) is 0.617. The van der Waals surface area contributed by atoms with E-state index in [0.29, 0.717) is 5.41 Å². The van der Waals surface area contributed by atoms with Gasteiger partial charge in [0.15, 0.2) is 0 Å². The minimum absolute atomic E-state index is 0.594. The Morgan fingerprint density at radius 3 is 2.31 bits per heavy atom. The van der Waals surface area contributed by atoms with Crippen molar-refractivity contribution in [1.82, 2.24) is 4.90 Å². The first-order chi connectivity index (χ1) is 7.79. The largest absolute Gasteiger partial charge is 0.380 e. The fourth-order valence-electron chi connectivity index (χ4n) is 3.12. The molecule has 0 bridgehead atoms. The van der Waals surface area contributed by atoms with Crippen LogP contribution in [0.2, 0.25) is 0 Å². The Morgan fingerprint density at radius 2 is 1.81 bits per heavy atom. The highest BCUT2D eigenvalue weighted by atomic mass is 16.5. The van der Waals surface area contributed by atoms with Crippen molar-refractivity contribution in [3.05, 3.63) is 0 Å². The fourth-order valence-corrected chi connectivity index (χ4v) is 3.12. The van der Waals surface area contributed by atoms with Crippen molar-refractivity contribution in [2.75, 3.05) is 26.3 Å². The van der Waals surface area contributed by atoms with Crippen molar-refractivity contribution < 1.29 is 4.74 Å². The monoisotopic (exact) mass is 225 g/mol. The number of hydrogen-bond donors (Lipinski definition) is 0. The lowest BCUT2D eigenvalue weighted by Gasteiger charge is -2.57. The third kappa shape index (κ3) is 2.60. The molecule has 0 radical (unpaired) electrons. The molecule has 16 heavy (non-hydrogen) atoms. The second-order valence-corrected chi connectivity index (χ2v) is 5.84. The molecular formula is C14H27NO. The lowest BCUT2D eigenvalue weighted by molar-refractivity contribution is -0.199. The van der Waals surface area contributed by atoms with Crippen LogP contribution >= 0.6 is 0 Å². The SMILES string of the molecule is CCCCCC(CCC)N1CC2(COC2)C1. The van der Waals surface area contributed by atoms with E-state index < -0.39 is 0 Å². The van der Waals surface area contributed by atoms with Crippen molar-refractivity contribution >= 4 is 0 Å². The first-order valence-corrected chi connectivity index (χ1v) is 7.11. The molecule has 2 nitrogen and oxygen atoms in total. The zero-order valence-electron chi connectivity index (χ0n) is 11.0. The normalized spacial score (nSPS) is 25.1. The van der Waals surface area contributed by atoms with Crippen LogP contribution in [-0.2, 0) is 4.74 Å². The molecule has 1 atom stereocenters. The summed E-state index contributed by atoms with van der Waals surface area (Å²) in [6, 6.07) is 0.864. The van der Waals surface area contributed by atoms with E-state index in [4.69, 9.17) is 4.74 Å². The molecule has 0 N–H and O–H groups in total. The van der Waals surface area contributed by atoms with Crippen LogP contribution < -0.4 is 0 Å². The smallest absolute Gasteiger partial charge is 0.0569 e. The zero-order chi connectivity index (χ0) is 11.4. The molecule has 0 aromatic rings. The van der Waals surface area contributed by atoms with Gasteiger partial charge in [-0.05, 0) is 12.8 Å². The molecule has 2 saturated heterocycles. The zero-order valence-corrected chi connectivity index (χ0v) is 11.0. The minimum atomic E-state index is 0.594. The Balaban J connectivity index is 1.70. The van der Waals surface area contributed by atoms with Crippen LogP contribution in [0.15, 0.2) is 0 Å². The highest BCUT2D eigenvalue weighted by Crippen LogP contribution is 2.39. The van der Waals surface area contributed by atoms with Crippen LogP contribution in [0.5, 0.6) is 0 Å². The van der Waals surface area contributed by atoms with E-state index in [0.717, 1.165) is 19.3 Å². The molecule has 2 heterocycles. The van der Waals surface area contributed by atoms with E-state index in [-0.39, 0.29) is 0 Å². The average Bonchev–Trinajstić information content (AvgIpc) is 2.13. The molecule has 0 aromatic heterocycles. The molecule has 0 amide bonds. The van der Waals surface area contributed by atoms with Gasteiger partial charge in [0.25, 0.3) is 0 Å². The summed E-state index contributed by atoms with van der Waals surface area (Å²) in [4.78, 5) is 2.71. The number of unbranched alkanes of at least 4 members (excludes halogenated alkanes) is 2. The van der Waals surface area contributed by atoms with Crippen molar-refractivity contribution in [1.29, 1.82) is 0 Å². The van der Waals surface area contributed by atoms with Crippen LogP contribution in [0.25, 0.3) is 0 Å². The fraction of sp³-hybridized carbons (Fsp3) is 1.00. The van der Waals surface area contributed by atoms with E-state index in [2.05, 4.69) is 18.7 Å². The maximum absolute atomic E-state index is 5.34. The Kier molecular flexibility index (Phi) is 4.26. The Morgan fingerprint density at radius 1 is 1.06 bits per heavy atom. The first kappa shape index (κ1) is 12.4. The van der Waals surface area contributed by atoms with Gasteiger partial charge in [-0.25, -0.2) is 0 Å². The van der Waals surface area contributed by atoms with Gasteiger partial charge in [-0.1, -0.05) is 39.5 Å². The Bertz CT molecular complexity index is 205. The van der Waals surface area contributed by atoms with Gasteiger partial charge in [-0.2, -0.15) is 0 Å². The predicted octanol–water partition coefficient (Wildman–Crippen LogP) is 3.07. The average molecular weight is 225 g/mol. The number of hydrogen-bond acceptors (Lipinski definition) is 2. The van der Waals surface area contributed by atoms with Gasteiger partial charge in [0, 0.05) is 24.5 Å². The van der Waals surface area contributed by atoms with Gasteiger partial charge in [-0.15, -0.1) is 0 Å². The standard InChI is InChI=1S/C14H27NO/c1-3-5-6-8-13(7-4-2)15-9-14(10-15)11-16-12-14/h13H,3-12H2,1-2H3. The summed E-state index contributed by atoms with van der Waals surface area (Å²) in [7, 11) is 0. The molecule has 0 aliphatic carbocycles. The van der Waals surface area contributed by atoms with E-state index in [1.54, 1.807) is 0 Å². The highest BCUT2D eigenvalue weighted by Gasteiger charge is 2.50. The summed E-state index contributed by atoms with van der Waals surface area (Å²) in [5.74, 6) is 0. The van der Waals surface area contributed by atoms with Gasteiger partial charge in [0.05, 0.1) is 13.2 Å². The maximum atomic E-state index is 5.34. The van der Waals surface area contributed by atoms with Gasteiger partial charge < -0.3 is 4.74 Å². The van der Waals surface area contributed by atoms with Gasteiger partial charge in [0.2, 0.25) is 0 Å². The summed E-state index contributed by atoms with van der Waals surface area (Å²) >= 11 is 0.